The van der Waals surface area contributed by atoms with Gasteiger partial charge in [0.2, 0.25) is 5.95 Å². The first-order valence-corrected chi connectivity index (χ1v) is 2.00. The van der Waals surface area contributed by atoms with E-state index in [9.17, 15) is 4.39 Å². The maximum atomic E-state index is 11.9. The third-order valence-electron chi connectivity index (χ3n) is 0.695. The topological polar surface area (TPSA) is 41.0 Å². The molecule has 42 valence electrons. The van der Waals surface area contributed by atoms with Gasteiger partial charge in [-0.2, -0.15) is 9.49 Å². The van der Waals surface area contributed by atoms with Crippen molar-refractivity contribution in [2.24, 2.45) is 4.99 Å². The summed E-state index contributed by atoms with van der Waals surface area (Å²) in [4.78, 5) is 3.36. The predicted molar refractivity (Wildman–Crippen MR) is 27.8 cm³/mol. The highest BCUT2D eigenvalue weighted by Gasteiger charge is 1.92. The quantitative estimate of drug-likeness (QED) is 0.539. The van der Waals surface area contributed by atoms with Crippen LogP contribution < -0.4 is 0 Å². The summed E-state index contributed by atoms with van der Waals surface area (Å²) >= 11 is 0. The van der Waals surface area contributed by atoms with E-state index in [1.54, 1.807) is 0 Å². The third-order valence-corrected chi connectivity index (χ3v) is 0.695. The second-order valence-electron chi connectivity index (χ2n) is 1.23. The second kappa shape index (κ2) is 1.73. The Hall–Kier alpha value is -1.19. The van der Waals surface area contributed by atoms with Gasteiger partial charge in [-0.05, 0) is 6.72 Å². The fraction of sp³-hybridized carbons (Fsp3) is 0. The van der Waals surface area contributed by atoms with Crippen LogP contribution in [0.3, 0.4) is 0 Å². The minimum atomic E-state index is -0.493. The Balaban J connectivity index is 3.00. The number of hydrogen-bond acceptors (Lipinski definition) is 2. The Labute approximate surface area is 45.3 Å². The minimum Gasteiger partial charge on any atom is -0.251 e. The van der Waals surface area contributed by atoms with Crippen molar-refractivity contribution < 1.29 is 4.39 Å². The molecule has 8 heavy (non-hydrogen) atoms. The van der Waals surface area contributed by atoms with Crippen molar-refractivity contribution in [2.75, 3.05) is 0 Å². The number of nitrogens with zero attached hydrogens (tertiary/aromatic N) is 2. The largest absolute Gasteiger partial charge is 0.251 e. The highest BCUT2D eigenvalue weighted by molar-refractivity contribution is 5.37. The molecule has 0 fully saturated rings. The smallest absolute Gasteiger partial charge is 0.211 e. The molecular weight excluding hydrogens is 109 g/mol. The molecule has 0 saturated heterocycles. The molecule has 1 N–H and O–H groups in total. The van der Waals surface area contributed by atoms with E-state index in [0.29, 0.717) is 0 Å². The van der Waals surface area contributed by atoms with Crippen molar-refractivity contribution in [3.63, 3.8) is 0 Å². The Morgan fingerprint density at radius 2 is 2.62 bits per heavy atom. The van der Waals surface area contributed by atoms with Gasteiger partial charge in [0.25, 0.3) is 0 Å². The Morgan fingerprint density at radius 3 is 2.88 bits per heavy atom. The number of H-pyrrole nitrogens is 1. The first-order valence-electron chi connectivity index (χ1n) is 2.00. The zero-order valence-corrected chi connectivity index (χ0v) is 4.06. The van der Waals surface area contributed by atoms with Gasteiger partial charge in [-0.15, -0.1) is 0 Å². The predicted octanol–water partition coefficient (Wildman–Crippen LogP) is 0.881. The van der Waals surface area contributed by atoms with Crippen LogP contribution in [-0.2, 0) is 0 Å². The summed E-state index contributed by atoms with van der Waals surface area (Å²) in [5.74, 6) is -0.213. The lowest BCUT2D eigenvalue weighted by Crippen LogP contribution is -1.67. The molecule has 1 heterocycles. The van der Waals surface area contributed by atoms with E-state index < -0.39 is 5.95 Å². The second-order valence-corrected chi connectivity index (χ2v) is 1.23. The van der Waals surface area contributed by atoms with E-state index in [0.717, 1.165) is 6.07 Å². The summed E-state index contributed by atoms with van der Waals surface area (Å²) in [6.07, 6.45) is 0. The van der Waals surface area contributed by atoms with E-state index in [-0.39, 0.29) is 5.82 Å². The van der Waals surface area contributed by atoms with Crippen LogP contribution in [0.5, 0.6) is 0 Å². The van der Waals surface area contributed by atoms with Gasteiger partial charge in [0.15, 0.2) is 5.82 Å². The van der Waals surface area contributed by atoms with E-state index in [1.807, 2.05) is 0 Å². The lowest BCUT2D eigenvalue weighted by Gasteiger charge is -1.70. The van der Waals surface area contributed by atoms with Crippen LogP contribution in [0.15, 0.2) is 11.1 Å². The number of rotatable bonds is 1. The number of aliphatic imine (C=N–C) groups is 1. The van der Waals surface area contributed by atoms with Gasteiger partial charge >= 0.3 is 0 Å². The summed E-state index contributed by atoms with van der Waals surface area (Å²) in [5.41, 5.74) is 0. The van der Waals surface area contributed by atoms with Gasteiger partial charge in [0.1, 0.15) is 0 Å². The van der Waals surface area contributed by atoms with Crippen molar-refractivity contribution in [2.45, 2.75) is 0 Å². The first-order chi connectivity index (χ1) is 3.83. The van der Waals surface area contributed by atoms with Crippen LogP contribution in [0.1, 0.15) is 0 Å². The Bertz CT molecular complexity index is 193. The molecule has 0 spiro atoms. The molecule has 0 atom stereocenters. The maximum Gasteiger partial charge on any atom is 0.211 e. The average molecular weight is 113 g/mol. The molecule has 1 aromatic heterocycles. The molecule has 0 aliphatic heterocycles. The third kappa shape index (κ3) is 0.726. The fourth-order valence-electron chi connectivity index (χ4n) is 0.370. The maximum absolute atomic E-state index is 11.9. The molecule has 0 radical (unpaired) electrons. The monoisotopic (exact) mass is 113 g/mol. The van der Waals surface area contributed by atoms with Crippen LogP contribution in [0.2, 0.25) is 0 Å². The van der Waals surface area contributed by atoms with Crippen molar-refractivity contribution in [1.29, 1.82) is 0 Å². The Morgan fingerprint density at radius 1 is 1.88 bits per heavy atom. The Kier molecular flexibility index (Phi) is 1.07. The highest BCUT2D eigenvalue weighted by atomic mass is 19.1. The van der Waals surface area contributed by atoms with Gasteiger partial charge in [-0.3, -0.25) is 5.10 Å². The zero-order chi connectivity index (χ0) is 5.98. The molecule has 0 bridgehead atoms. The van der Waals surface area contributed by atoms with Crippen molar-refractivity contribution in [3.8, 4) is 0 Å². The van der Waals surface area contributed by atoms with E-state index in [2.05, 4.69) is 21.9 Å². The fourth-order valence-corrected chi connectivity index (χ4v) is 0.370. The summed E-state index contributed by atoms with van der Waals surface area (Å²) in [6.45, 7) is 3.15. The number of hydrogen-bond donors (Lipinski definition) is 1. The molecule has 0 aliphatic carbocycles. The molecule has 0 aromatic carbocycles. The minimum absolute atomic E-state index is 0.280. The first kappa shape index (κ1) is 4.96. The van der Waals surface area contributed by atoms with Crippen molar-refractivity contribution >= 4 is 12.5 Å². The summed E-state index contributed by atoms with van der Waals surface area (Å²) in [7, 11) is 0. The molecule has 4 heteroatoms. The SMILES string of the molecule is C=Nc1cc(F)[nH]n1. The average Bonchev–Trinajstić information content (AvgIpc) is 2.14. The molecule has 0 aliphatic rings. The molecule has 1 aromatic rings. The van der Waals surface area contributed by atoms with Crippen LogP contribution in [0.4, 0.5) is 10.2 Å². The zero-order valence-electron chi connectivity index (χ0n) is 4.06. The van der Waals surface area contributed by atoms with Gasteiger partial charge in [0.05, 0.1) is 0 Å². The summed E-state index contributed by atoms with van der Waals surface area (Å²) in [6, 6.07) is 1.16. The van der Waals surface area contributed by atoms with Gasteiger partial charge in [-0.25, -0.2) is 4.99 Å². The molecule has 0 unspecified atom stereocenters. The highest BCUT2D eigenvalue weighted by Crippen LogP contribution is 2.04. The van der Waals surface area contributed by atoms with Gasteiger partial charge < -0.3 is 0 Å². The van der Waals surface area contributed by atoms with Crippen LogP contribution in [0, 0.1) is 5.95 Å². The molecular formula is C4H4FN3. The van der Waals surface area contributed by atoms with Gasteiger partial charge in [0, 0.05) is 6.07 Å². The summed E-state index contributed by atoms with van der Waals surface area (Å²) in [5, 5.41) is 5.47. The van der Waals surface area contributed by atoms with Crippen molar-refractivity contribution in [1.82, 2.24) is 10.2 Å². The van der Waals surface area contributed by atoms with E-state index in [4.69, 9.17) is 0 Å². The number of halogens is 1. The summed E-state index contributed by atoms with van der Waals surface area (Å²) < 4.78 is 11.9. The molecule has 3 nitrogen and oxygen atoms in total. The van der Waals surface area contributed by atoms with E-state index >= 15 is 0 Å². The van der Waals surface area contributed by atoms with Crippen LogP contribution in [0.25, 0.3) is 0 Å². The standard InChI is InChI=1S/C4H4FN3/c1-6-4-2-3(5)7-8-4/h2H,1H2,(H,7,8). The van der Waals surface area contributed by atoms with Crippen molar-refractivity contribution in [3.05, 3.63) is 12.0 Å². The number of nitrogens with one attached hydrogen (secondary N) is 1. The molecule has 1 rings (SSSR count). The lowest BCUT2D eigenvalue weighted by molar-refractivity contribution is 0.579. The van der Waals surface area contributed by atoms with Gasteiger partial charge in [-0.1, -0.05) is 0 Å². The number of aromatic nitrogens is 2. The van der Waals surface area contributed by atoms with E-state index in [1.165, 1.54) is 0 Å². The lowest BCUT2D eigenvalue weighted by atomic mass is 10.6. The molecule has 0 amide bonds. The normalized spacial score (nSPS) is 9.12. The van der Waals surface area contributed by atoms with Crippen LogP contribution >= 0.6 is 0 Å². The number of aromatic amines is 1. The van der Waals surface area contributed by atoms with Crippen LogP contribution in [-0.4, -0.2) is 16.9 Å². The molecule has 0 saturated carbocycles.